The van der Waals surface area contributed by atoms with Crippen molar-refractivity contribution in [2.24, 2.45) is 0 Å². The average Bonchev–Trinajstić information content (AvgIpc) is 2.24. The highest BCUT2D eigenvalue weighted by atomic mass is 16.3. The van der Waals surface area contributed by atoms with E-state index in [2.05, 4.69) is 19.6 Å². The second-order valence-electron chi connectivity index (χ2n) is 5.24. The molecule has 0 saturated carbocycles. The Kier molecular flexibility index (Phi) is 8.69. The van der Waals surface area contributed by atoms with Crippen LogP contribution >= 0.6 is 0 Å². The normalized spacial score (nSPS) is 16.6. The average molecular weight is 252 g/mol. The van der Waals surface area contributed by atoms with Crippen LogP contribution < -0.4 is 0 Å². The van der Waals surface area contributed by atoms with Crippen molar-refractivity contribution in [3.05, 3.63) is 35.5 Å². The van der Waals surface area contributed by atoms with Gasteiger partial charge in [0.05, 0.1) is 12.2 Å². The Hall–Kier alpha value is -0.860. The van der Waals surface area contributed by atoms with Crippen LogP contribution in [0.2, 0.25) is 0 Å². The van der Waals surface area contributed by atoms with Gasteiger partial charge in [0, 0.05) is 0 Å². The fraction of sp³-hybridized carbons (Fsp3) is 0.625. The molecule has 0 aromatic heterocycles. The van der Waals surface area contributed by atoms with Crippen LogP contribution in [-0.2, 0) is 0 Å². The number of allylic oxidation sites excluding steroid dienone is 3. The van der Waals surface area contributed by atoms with Gasteiger partial charge in [0.25, 0.3) is 0 Å². The summed E-state index contributed by atoms with van der Waals surface area (Å²) in [6.07, 6.45) is 6.98. The molecule has 2 nitrogen and oxygen atoms in total. The molecule has 0 aliphatic carbocycles. The van der Waals surface area contributed by atoms with Gasteiger partial charge in [0.15, 0.2) is 0 Å². The number of aliphatic hydroxyl groups excluding tert-OH is 2. The molecule has 0 aromatic rings. The Morgan fingerprint density at radius 1 is 1.11 bits per heavy atom. The maximum atomic E-state index is 9.62. The molecule has 0 heterocycles. The smallest absolute Gasteiger partial charge is 0.0747 e. The standard InChI is InChI=1S/C16H28O2/c1-12(2)16(18)10-9-13(3)7-6-8-14(4)11-15(5)17/h7,11,15-18H,1,6,8-10H2,2-5H3/b13-7+,14-11+. The first-order valence-electron chi connectivity index (χ1n) is 6.67. The Labute approximate surface area is 112 Å². The van der Waals surface area contributed by atoms with Gasteiger partial charge in [-0.2, -0.15) is 0 Å². The molecule has 0 amide bonds. The summed E-state index contributed by atoms with van der Waals surface area (Å²) in [5.41, 5.74) is 3.36. The van der Waals surface area contributed by atoms with Gasteiger partial charge in [0.2, 0.25) is 0 Å². The third-order valence-electron chi connectivity index (χ3n) is 2.94. The van der Waals surface area contributed by atoms with Gasteiger partial charge in [-0.3, -0.25) is 0 Å². The lowest BCUT2D eigenvalue weighted by atomic mass is 10.0. The number of rotatable bonds is 8. The number of hydrogen-bond acceptors (Lipinski definition) is 2. The lowest BCUT2D eigenvalue weighted by molar-refractivity contribution is 0.201. The fourth-order valence-corrected chi connectivity index (χ4v) is 1.75. The van der Waals surface area contributed by atoms with E-state index in [1.165, 1.54) is 11.1 Å². The van der Waals surface area contributed by atoms with Gasteiger partial charge < -0.3 is 10.2 Å². The zero-order valence-corrected chi connectivity index (χ0v) is 12.2. The summed E-state index contributed by atoms with van der Waals surface area (Å²) in [6.45, 7) is 11.5. The van der Waals surface area contributed by atoms with Crippen molar-refractivity contribution in [3.8, 4) is 0 Å². The summed E-state index contributed by atoms with van der Waals surface area (Å²) in [7, 11) is 0. The van der Waals surface area contributed by atoms with Gasteiger partial charge in [-0.05, 0) is 53.4 Å². The van der Waals surface area contributed by atoms with E-state index in [0.29, 0.717) is 0 Å². The summed E-state index contributed by atoms with van der Waals surface area (Å²) in [4.78, 5) is 0. The van der Waals surface area contributed by atoms with Gasteiger partial charge >= 0.3 is 0 Å². The number of hydrogen-bond donors (Lipinski definition) is 2. The summed E-state index contributed by atoms with van der Waals surface area (Å²) >= 11 is 0. The minimum Gasteiger partial charge on any atom is -0.389 e. The molecule has 0 fully saturated rings. The van der Waals surface area contributed by atoms with Gasteiger partial charge in [-0.1, -0.05) is 35.5 Å². The number of aliphatic hydroxyl groups is 2. The SMILES string of the molecule is C=C(C)C(O)CC/C(C)=C/CC/C(C)=C/C(C)O. The quantitative estimate of drug-likeness (QED) is 0.646. The third-order valence-corrected chi connectivity index (χ3v) is 2.94. The third kappa shape index (κ3) is 9.20. The van der Waals surface area contributed by atoms with Gasteiger partial charge in [0.1, 0.15) is 0 Å². The molecule has 2 heteroatoms. The van der Waals surface area contributed by atoms with E-state index in [1.807, 2.05) is 19.9 Å². The Morgan fingerprint density at radius 2 is 1.72 bits per heavy atom. The molecule has 2 N–H and O–H groups in total. The Morgan fingerprint density at radius 3 is 2.22 bits per heavy atom. The summed E-state index contributed by atoms with van der Waals surface area (Å²) in [5, 5.41) is 18.8. The molecule has 2 unspecified atom stereocenters. The highest BCUT2D eigenvalue weighted by molar-refractivity contribution is 5.06. The van der Waals surface area contributed by atoms with Crippen LogP contribution in [0, 0.1) is 0 Å². The summed E-state index contributed by atoms with van der Waals surface area (Å²) < 4.78 is 0. The Balaban J connectivity index is 3.95. The van der Waals surface area contributed by atoms with Gasteiger partial charge in [-0.15, -0.1) is 0 Å². The fourth-order valence-electron chi connectivity index (χ4n) is 1.75. The summed E-state index contributed by atoms with van der Waals surface area (Å²) in [6, 6.07) is 0. The van der Waals surface area contributed by atoms with E-state index >= 15 is 0 Å². The molecule has 18 heavy (non-hydrogen) atoms. The lowest BCUT2D eigenvalue weighted by Gasteiger charge is -2.10. The largest absolute Gasteiger partial charge is 0.389 e. The second-order valence-corrected chi connectivity index (χ2v) is 5.24. The van der Waals surface area contributed by atoms with E-state index in [-0.39, 0.29) is 12.2 Å². The maximum Gasteiger partial charge on any atom is 0.0747 e. The van der Waals surface area contributed by atoms with Crippen LogP contribution in [0.15, 0.2) is 35.5 Å². The van der Waals surface area contributed by atoms with Crippen LogP contribution in [0.5, 0.6) is 0 Å². The van der Waals surface area contributed by atoms with Crippen molar-refractivity contribution < 1.29 is 10.2 Å². The predicted octanol–water partition coefficient (Wildman–Crippen LogP) is 3.76. The predicted molar refractivity (Wildman–Crippen MR) is 78.5 cm³/mol. The first-order valence-corrected chi connectivity index (χ1v) is 6.67. The van der Waals surface area contributed by atoms with Crippen molar-refractivity contribution in [1.82, 2.24) is 0 Å². The van der Waals surface area contributed by atoms with Crippen LogP contribution in [0.3, 0.4) is 0 Å². The maximum absolute atomic E-state index is 9.62. The molecule has 0 spiro atoms. The second kappa shape index (κ2) is 9.12. The van der Waals surface area contributed by atoms with Crippen molar-refractivity contribution in [2.45, 2.75) is 65.6 Å². The molecule has 0 aliphatic heterocycles. The summed E-state index contributed by atoms with van der Waals surface area (Å²) in [5.74, 6) is 0. The van der Waals surface area contributed by atoms with E-state index in [9.17, 15) is 10.2 Å². The zero-order chi connectivity index (χ0) is 14.1. The molecule has 104 valence electrons. The lowest BCUT2D eigenvalue weighted by Crippen LogP contribution is -2.06. The highest BCUT2D eigenvalue weighted by Crippen LogP contribution is 2.14. The molecule has 0 aromatic carbocycles. The molecule has 0 saturated heterocycles. The zero-order valence-electron chi connectivity index (χ0n) is 12.2. The molecule has 0 bridgehead atoms. The minimum absolute atomic E-state index is 0.360. The first-order chi connectivity index (χ1) is 8.32. The molecule has 2 atom stereocenters. The molecule has 0 rings (SSSR count). The van der Waals surface area contributed by atoms with Crippen molar-refractivity contribution in [2.75, 3.05) is 0 Å². The van der Waals surface area contributed by atoms with E-state index in [0.717, 1.165) is 31.3 Å². The van der Waals surface area contributed by atoms with Crippen LogP contribution in [0.25, 0.3) is 0 Å². The monoisotopic (exact) mass is 252 g/mol. The van der Waals surface area contributed by atoms with Crippen LogP contribution in [-0.4, -0.2) is 22.4 Å². The molecular weight excluding hydrogens is 224 g/mol. The molecular formula is C16H28O2. The minimum atomic E-state index is -0.384. The van der Waals surface area contributed by atoms with Gasteiger partial charge in [-0.25, -0.2) is 0 Å². The van der Waals surface area contributed by atoms with E-state index in [4.69, 9.17) is 0 Å². The topological polar surface area (TPSA) is 40.5 Å². The molecule has 0 aliphatic rings. The first kappa shape index (κ1) is 17.1. The van der Waals surface area contributed by atoms with E-state index < -0.39 is 0 Å². The van der Waals surface area contributed by atoms with Crippen molar-refractivity contribution in [1.29, 1.82) is 0 Å². The van der Waals surface area contributed by atoms with Crippen molar-refractivity contribution in [3.63, 3.8) is 0 Å². The highest BCUT2D eigenvalue weighted by Gasteiger charge is 2.04. The van der Waals surface area contributed by atoms with Crippen LogP contribution in [0.1, 0.15) is 53.4 Å². The molecule has 0 radical (unpaired) electrons. The van der Waals surface area contributed by atoms with E-state index in [1.54, 1.807) is 6.92 Å². The van der Waals surface area contributed by atoms with Crippen LogP contribution in [0.4, 0.5) is 0 Å². The van der Waals surface area contributed by atoms with Crippen molar-refractivity contribution >= 4 is 0 Å². The Bertz CT molecular complexity index is 311.